The number of nitrogens with one attached hydrogen (secondary N) is 1. The number of halogens is 1. The van der Waals surface area contributed by atoms with Crippen LogP contribution in [-0.4, -0.2) is 16.3 Å². The van der Waals surface area contributed by atoms with Crippen molar-refractivity contribution in [3.8, 4) is 0 Å². The Morgan fingerprint density at radius 2 is 2.35 bits per heavy atom. The predicted octanol–water partition coefficient (Wildman–Crippen LogP) is 3.18. The van der Waals surface area contributed by atoms with Crippen LogP contribution in [-0.2, 0) is 7.05 Å². The lowest BCUT2D eigenvalue weighted by molar-refractivity contribution is 0.599. The van der Waals surface area contributed by atoms with E-state index in [-0.39, 0.29) is 6.04 Å². The number of hydrogen-bond donors (Lipinski definition) is 1. The summed E-state index contributed by atoms with van der Waals surface area (Å²) in [5, 5.41) is 10.1. The Bertz CT molecular complexity index is 437. The van der Waals surface area contributed by atoms with Gasteiger partial charge in [-0.2, -0.15) is 5.10 Å². The molecule has 17 heavy (non-hydrogen) atoms. The molecule has 0 saturated heterocycles. The highest BCUT2D eigenvalue weighted by Crippen LogP contribution is 2.27. The van der Waals surface area contributed by atoms with Crippen molar-refractivity contribution in [1.29, 1.82) is 0 Å². The summed E-state index contributed by atoms with van der Waals surface area (Å²) < 4.78 is 3.18. The van der Waals surface area contributed by atoms with Gasteiger partial charge in [0.05, 0.1) is 15.1 Å². The molecule has 2 aromatic heterocycles. The maximum atomic E-state index is 4.26. The van der Waals surface area contributed by atoms with Crippen molar-refractivity contribution < 1.29 is 0 Å². The van der Waals surface area contributed by atoms with Gasteiger partial charge in [-0.3, -0.25) is 4.68 Å². The second-order valence-corrected chi connectivity index (χ2v) is 6.82. The maximum absolute atomic E-state index is 4.26. The van der Waals surface area contributed by atoms with Crippen molar-refractivity contribution in [2.75, 3.05) is 6.54 Å². The lowest BCUT2D eigenvalue weighted by Crippen LogP contribution is -2.22. The lowest BCUT2D eigenvalue weighted by Gasteiger charge is -2.15. The van der Waals surface area contributed by atoms with Crippen molar-refractivity contribution in [2.24, 2.45) is 7.05 Å². The molecule has 0 bridgehead atoms. The molecule has 0 spiro atoms. The molecule has 2 aromatic rings. The number of rotatable bonds is 5. The first-order valence-corrected chi connectivity index (χ1v) is 7.62. The van der Waals surface area contributed by atoms with Gasteiger partial charge < -0.3 is 5.32 Å². The standard InChI is InChI=1S/C12H16IN3S/c1-3-4-14-12(9-5-11(13)17-8-9)10-6-15-16(2)7-10/h5-8,12,14H,3-4H2,1-2H3. The van der Waals surface area contributed by atoms with Gasteiger partial charge in [0.25, 0.3) is 0 Å². The lowest BCUT2D eigenvalue weighted by atomic mass is 10.1. The van der Waals surface area contributed by atoms with E-state index in [1.165, 1.54) is 14.0 Å². The first-order chi connectivity index (χ1) is 8.20. The van der Waals surface area contributed by atoms with Gasteiger partial charge in [0, 0.05) is 18.8 Å². The van der Waals surface area contributed by atoms with E-state index in [4.69, 9.17) is 0 Å². The summed E-state index contributed by atoms with van der Waals surface area (Å²) in [7, 11) is 1.96. The van der Waals surface area contributed by atoms with Crippen molar-refractivity contribution in [2.45, 2.75) is 19.4 Å². The fraction of sp³-hybridized carbons (Fsp3) is 0.417. The second kappa shape index (κ2) is 5.97. The summed E-state index contributed by atoms with van der Waals surface area (Å²) in [5.74, 6) is 0. The first kappa shape index (κ1) is 13.0. The fourth-order valence-electron chi connectivity index (χ4n) is 1.78. The van der Waals surface area contributed by atoms with E-state index in [1.807, 2.05) is 17.9 Å². The third kappa shape index (κ3) is 3.29. The average molecular weight is 361 g/mol. The molecule has 3 nitrogen and oxygen atoms in total. The zero-order valence-electron chi connectivity index (χ0n) is 9.98. The topological polar surface area (TPSA) is 29.9 Å². The van der Waals surface area contributed by atoms with Gasteiger partial charge in [-0.05, 0) is 52.6 Å². The molecule has 1 unspecified atom stereocenters. The summed E-state index contributed by atoms with van der Waals surface area (Å²) in [6.07, 6.45) is 5.16. The van der Waals surface area contributed by atoms with Gasteiger partial charge in [0.15, 0.2) is 0 Å². The van der Waals surface area contributed by atoms with E-state index >= 15 is 0 Å². The van der Waals surface area contributed by atoms with E-state index in [0.29, 0.717) is 0 Å². The quantitative estimate of drug-likeness (QED) is 0.830. The SMILES string of the molecule is CCCNC(c1csc(I)c1)c1cnn(C)c1. The van der Waals surface area contributed by atoms with Crippen LogP contribution in [0.15, 0.2) is 23.8 Å². The monoisotopic (exact) mass is 361 g/mol. The van der Waals surface area contributed by atoms with E-state index < -0.39 is 0 Å². The molecule has 92 valence electrons. The van der Waals surface area contributed by atoms with Crippen LogP contribution >= 0.6 is 33.9 Å². The number of aromatic nitrogens is 2. The van der Waals surface area contributed by atoms with E-state index in [9.17, 15) is 0 Å². The average Bonchev–Trinajstić information content (AvgIpc) is 2.89. The zero-order chi connectivity index (χ0) is 12.3. The summed E-state index contributed by atoms with van der Waals surface area (Å²) in [6, 6.07) is 2.51. The van der Waals surface area contributed by atoms with Crippen LogP contribution in [0.2, 0.25) is 0 Å². The second-order valence-electron chi connectivity index (χ2n) is 4.02. The van der Waals surface area contributed by atoms with Gasteiger partial charge >= 0.3 is 0 Å². The number of hydrogen-bond acceptors (Lipinski definition) is 3. The summed E-state index contributed by atoms with van der Waals surface area (Å²) >= 11 is 4.15. The molecule has 0 radical (unpaired) electrons. The molecule has 0 aliphatic carbocycles. The highest BCUT2D eigenvalue weighted by atomic mass is 127. The van der Waals surface area contributed by atoms with Gasteiger partial charge in [-0.25, -0.2) is 0 Å². The van der Waals surface area contributed by atoms with Gasteiger partial charge in [-0.1, -0.05) is 6.92 Å². The van der Waals surface area contributed by atoms with Crippen LogP contribution in [0.4, 0.5) is 0 Å². The molecular formula is C12H16IN3S. The maximum Gasteiger partial charge on any atom is 0.0656 e. The molecule has 0 aliphatic rings. The Morgan fingerprint density at radius 3 is 2.88 bits per heavy atom. The van der Waals surface area contributed by atoms with Crippen LogP contribution < -0.4 is 5.32 Å². The molecule has 0 aliphatic heterocycles. The summed E-state index contributed by atoms with van der Waals surface area (Å²) in [4.78, 5) is 0. The van der Waals surface area contributed by atoms with Crippen molar-refractivity contribution in [3.05, 3.63) is 37.9 Å². The summed E-state index contributed by atoms with van der Waals surface area (Å²) in [6.45, 7) is 3.21. The molecule has 1 atom stereocenters. The third-order valence-electron chi connectivity index (χ3n) is 2.58. The van der Waals surface area contributed by atoms with Crippen LogP contribution in [0.1, 0.15) is 30.5 Å². The molecule has 1 N–H and O–H groups in total. The van der Waals surface area contributed by atoms with Crippen LogP contribution in [0.3, 0.4) is 0 Å². The number of thiophene rings is 1. The summed E-state index contributed by atoms with van der Waals surface area (Å²) in [5.41, 5.74) is 2.57. The minimum atomic E-state index is 0.267. The Labute approximate surface area is 119 Å². The molecule has 5 heteroatoms. The Kier molecular flexibility index (Phi) is 4.58. The van der Waals surface area contributed by atoms with Crippen LogP contribution in [0.25, 0.3) is 0 Å². The van der Waals surface area contributed by atoms with E-state index in [0.717, 1.165) is 13.0 Å². The van der Waals surface area contributed by atoms with E-state index in [1.54, 1.807) is 11.3 Å². The van der Waals surface area contributed by atoms with Gasteiger partial charge in [0.2, 0.25) is 0 Å². The molecule has 0 aromatic carbocycles. The van der Waals surface area contributed by atoms with Crippen molar-refractivity contribution >= 4 is 33.9 Å². The molecule has 0 fully saturated rings. The largest absolute Gasteiger partial charge is 0.306 e. The number of nitrogens with zero attached hydrogens (tertiary/aromatic N) is 2. The van der Waals surface area contributed by atoms with Gasteiger partial charge in [0.1, 0.15) is 0 Å². The van der Waals surface area contributed by atoms with Crippen LogP contribution in [0.5, 0.6) is 0 Å². The van der Waals surface area contributed by atoms with Crippen LogP contribution in [0, 0.1) is 2.88 Å². The highest BCUT2D eigenvalue weighted by Gasteiger charge is 2.16. The highest BCUT2D eigenvalue weighted by molar-refractivity contribution is 14.1. The normalized spacial score (nSPS) is 12.9. The van der Waals surface area contributed by atoms with E-state index in [2.05, 4.69) is 57.6 Å². The molecular weight excluding hydrogens is 345 g/mol. The van der Waals surface area contributed by atoms with Crippen molar-refractivity contribution in [1.82, 2.24) is 15.1 Å². The predicted molar refractivity (Wildman–Crippen MR) is 80.4 cm³/mol. The Hall–Kier alpha value is -0.400. The first-order valence-electron chi connectivity index (χ1n) is 5.66. The molecule has 2 heterocycles. The minimum absolute atomic E-state index is 0.267. The van der Waals surface area contributed by atoms with Crippen molar-refractivity contribution in [3.63, 3.8) is 0 Å². The smallest absolute Gasteiger partial charge is 0.0656 e. The molecule has 0 amide bonds. The molecule has 0 saturated carbocycles. The Balaban J connectivity index is 2.24. The molecule has 2 rings (SSSR count). The number of aryl methyl sites for hydroxylation is 1. The van der Waals surface area contributed by atoms with Gasteiger partial charge in [-0.15, -0.1) is 11.3 Å². The fourth-order valence-corrected chi connectivity index (χ4v) is 3.18. The minimum Gasteiger partial charge on any atom is -0.306 e. The zero-order valence-corrected chi connectivity index (χ0v) is 13.0. The third-order valence-corrected chi connectivity index (χ3v) is 4.38. The Morgan fingerprint density at radius 1 is 1.53 bits per heavy atom.